The number of allylic oxidation sites excluding steroid dienone is 1. The van der Waals surface area contributed by atoms with Gasteiger partial charge in [-0.2, -0.15) is 0 Å². The van der Waals surface area contributed by atoms with Gasteiger partial charge < -0.3 is 0 Å². The fourth-order valence-corrected chi connectivity index (χ4v) is 4.45. The Labute approximate surface area is 72.9 Å². The third-order valence-corrected chi connectivity index (χ3v) is 5.44. The van der Waals surface area contributed by atoms with E-state index in [9.17, 15) is 0 Å². The van der Waals surface area contributed by atoms with Gasteiger partial charge in [0.05, 0.1) is 8.07 Å². The summed E-state index contributed by atoms with van der Waals surface area (Å²) in [6.07, 6.45) is 0. The minimum Gasteiger partial charge on any atom is -0.0859 e. The standard InChI is InChI=1S/C7H15ISi/c1-5-9(3,4)6-7(2)8/h6H,5H2,1-4H3. The topological polar surface area (TPSA) is 0 Å². The molecule has 0 aromatic heterocycles. The molecule has 0 aliphatic heterocycles. The highest BCUT2D eigenvalue weighted by Gasteiger charge is 2.13. The lowest BCUT2D eigenvalue weighted by Gasteiger charge is -2.14. The Kier molecular flexibility index (Phi) is 4.04. The molecule has 0 aromatic rings. The van der Waals surface area contributed by atoms with E-state index in [1.165, 1.54) is 9.62 Å². The van der Waals surface area contributed by atoms with Gasteiger partial charge >= 0.3 is 0 Å². The van der Waals surface area contributed by atoms with Crippen LogP contribution in [-0.4, -0.2) is 8.07 Å². The van der Waals surface area contributed by atoms with E-state index in [4.69, 9.17) is 0 Å². The number of hydrogen-bond donors (Lipinski definition) is 0. The molecule has 0 rings (SSSR count). The van der Waals surface area contributed by atoms with Crippen molar-refractivity contribution < 1.29 is 0 Å². The maximum absolute atomic E-state index is 2.45. The number of halogens is 1. The van der Waals surface area contributed by atoms with Crippen molar-refractivity contribution in [3.8, 4) is 0 Å². The predicted octanol–water partition coefficient (Wildman–Crippen LogP) is 3.59. The highest BCUT2D eigenvalue weighted by Crippen LogP contribution is 2.15. The molecule has 0 heterocycles. The zero-order valence-corrected chi connectivity index (χ0v) is 9.82. The van der Waals surface area contributed by atoms with Crippen molar-refractivity contribution in [2.24, 2.45) is 0 Å². The van der Waals surface area contributed by atoms with Crippen LogP contribution in [0.1, 0.15) is 13.8 Å². The zero-order valence-electron chi connectivity index (χ0n) is 6.66. The van der Waals surface area contributed by atoms with Crippen molar-refractivity contribution in [3.05, 3.63) is 9.28 Å². The van der Waals surface area contributed by atoms with E-state index in [0.717, 1.165) is 0 Å². The van der Waals surface area contributed by atoms with Crippen LogP contribution in [-0.2, 0) is 0 Å². The molecule has 0 unspecified atom stereocenters. The Morgan fingerprint density at radius 3 is 2.11 bits per heavy atom. The lowest BCUT2D eigenvalue weighted by atomic mass is 10.8. The van der Waals surface area contributed by atoms with Crippen LogP contribution in [0.25, 0.3) is 0 Å². The Bertz CT molecular complexity index is 112. The SMILES string of the molecule is CC[Si](C)(C)C=C(C)I. The highest BCUT2D eigenvalue weighted by molar-refractivity contribution is 14.1. The average Bonchev–Trinajstić information content (AvgIpc) is 1.63. The van der Waals surface area contributed by atoms with Crippen LogP contribution in [0, 0.1) is 0 Å². The van der Waals surface area contributed by atoms with Crippen LogP contribution in [0.15, 0.2) is 9.28 Å². The molecular weight excluding hydrogens is 239 g/mol. The van der Waals surface area contributed by atoms with Gasteiger partial charge in [0.2, 0.25) is 0 Å². The zero-order chi connectivity index (χ0) is 7.49. The molecule has 0 bridgehead atoms. The third-order valence-electron chi connectivity index (χ3n) is 1.50. The number of rotatable bonds is 2. The summed E-state index contributed by atoms with van der Waals surface area (Å²) in [5.41, 5.74) is 2.45. The summed E-state index contributed by atoms with van der Waals surface area (Å²) in [7, 11) is -0.910. The van der Waals surface area contributed by atoms with E-state index < -0.39 is 8.07 Å². The third kappa shape index (κ3) is 5.15. The lowest BCUT2D eigenvalue weighted by Crippen LogP contribution is -2.20. The van der Waals surface area contributed by atoms with Crippen LogP contribution in [0.2, 0.25) is 19.1 Å². The smallest absolute Gasteiger partial charge is 0.0724 e. The molecule has 0 aliphatic rings. The Morgan fingerprint density at radius 2 is 2.00 bits per heavy atom. The molecule has 0 radical (unpaired) electrons. The van der Waals surface area contributed by atoms with Crippen LogP contribution < -0.4 is 0 Å². The first-order valence-electron chi connectivity index (χ1n) is 3.33. The Balaban J connectivity index is 4.01. The molecule has 0 N–H and O–H groups in total. The molecule has 0 fully saturated rings. The first kappa shape index (κ1) is 9.69. The van der Waals surface area contributed by atoms with Gasteiger partial charge in [0.15, 0.2) is 0 Å². The molecule has 0 saturated carbocycles. The van der Waals surface area contributed by atoms with Crippen LogP contribution in [0.5, 0.6) is 0 Å². The molecule has 0 saturated heterocycles. The summed E-state index contributed by atoms with van der Waals surface area (Å²) in [5.74, 6) is 0. The quantitative estimate of drug-likeness (QED) is 0.521. The average molecular weight is 254 g/mol. The van der Waals surface area contributed by atoms with Crippen LogP contribution in [0.4, 0.5) is 0 Å². The molecule has 2 heteroatoms. The van der Waals surface area contributed by atoms with E-state index in [2.05, 4.69) is 55.2 Å². The lowest BCUT2D eigenvalue weighted by molar-refractivity contribution is 1.37. The van der Waals surface area contributed by atoms with Crippen molar-refractivity contribution in [1.82, 2.24) is 0 Å². The van der Waals surface area contributed by atoms with Gasteiger partial charge in [-0.25, -0.2) is 0 Å². The van der Waals surface area contributed by atoms with E-state index >= 15 is 0 Å². The van der Waals surface area contributed by atoms with Crippen LogP contribution in [0.3, 0.4) is 0 Å². The van der Waals surface area contributed by atoms with Gasteiger partial charge in [-0.3, -0.25) is 0 Å². The van der Waals surface area contributed by atoms with E-state index in [-0.39, 0.29) is 0 Å². The summed E-state index contributed by atoms with van der Waals surface area (Å²) in [6, 6.07) is 1.35. The maximum atomic E-state index is 2.45. The molecule has 9 heavy (non-hydrogen) atoms. The molecule has 0 aromatic carbocycles. The Morgan fingerprint density at radius 1 is 1.56 bits per heavy atom. The summed E-state index contributed by atoms with van der Waals surface area (Å²) in [6.45, 7) is 9.25. The first-order valence-corrected chi connectivity index (χ1v) is 7.69. The summed E-state index contributed by atoms with van der Waals surface area (Å²) in [5, 5.41) is 0. The molecular formula is C7H15ISi. The molecule has 0 atom stereocenters. The van der Waals surface area contributed by atoms with Gasteiger partial charge in [0, 0.05) is 0 Å². The second-order valence-electron chi connectivity index (χ2n) is 3.07. The van der Waals surface area contributed by atoms with Crippen molar-refractivity contribution in [3.63, 3.8) is 0 Å². The second-order valence-corrected chi connectivity index (χ2v) is 9.75. The van der Waals surface area contributed by atoms with Crippen molar-refractivity contribution in [1.29, 1.82) is 0 Å². The fraction of sp³-hybridized carbons (Fsp3) is 0.714. The Hall–Kier alpha value is 0.687. The van der Waals surface area contributed by atoms with Gasteiger partial charge in [-0.1, -0.05) is 54.4 Å². The minimum absolute atomic E-state index is 0.910. The van der Waals surface area contributed by atoms with Gasteiger partial charge in [0.25, 0.3) is 0 Å². The van der Waals surface area contributed by atoms with Gasteiger partial charge in [-0.15, -0.1) is 0 Å². The van der Waals surface area contributed by atoms with E-state index in [1.807, 2.05) is 0 Å². The predicted molar refractivity (Wildman–Crippen MR) is 55.7 cm³/mol. The monoisotopic (exact) mass is 254 g/mol. The molecule has 0 amide bonds. The highest BCUT2D eigenvalue weighted by atomic mass is 127. The number of hydrogen-bond acceptors (Lipinski definition) is 0. The summed E-state index contributed by atoms with van der Waals surface area (Å²) < 4.78 is 1.45. The normalized spacial score (nSPS) is 14.1. The molecule has 54 valence electrons. The first-order chi connectivity index (χ1) is 3.98. The molecule has 0 aliphatic carbocycles. The summed E-state index contributed by atoms with van der Waals surface area (Å²) in [4.78, 5) is 0. The van der Waals surface area contributed by atoms with Crippen LogP contribution >= 0.6 is 22.6 Å². The fourth-order valence-electron chi connectivity index (χ4n) is 0.640. The van der Waals surface area contributed by atoms with Gasteiger partial charge in [0.1, 0.15) is 0 Å². The van der Waals surface area contributed by atoms with E-state index in [1.54, 1.807) is 0 Å². The maximum Gasteiger partial charge on any atom is 0.0724 e. The second kappa shape index (κ2) is 3.76. The minimum atomic E-state index is -0.910. The molecule has 0 nitrogen and oxygen atoms in total. The van der Waals surface area contributed by atoms with Crippen molar-refractivity contribution in [2.45, 2.75) is 33.0 Å². The largest absolute Gasteiger partial charge is 0.0859 e. The van der Waals surface area contributed by atoms with Crippen molar-refractivity contribution in [2.75, 3.05) is 0 Å². The van der Waals surface area contributed by atoms with E-state index in [0.29, 0.717) is 0 Å². The van der Waals surface area contributed by atoms with Crippen molar-refractivity contribution >= 4 is 30.7 Å². The summed E-state index contributed by atoms with van der Waals surface area (Å²) >= 11 is 2.39. The molecule has 0 spiro atoms. The van der Waals surface area contributed by atoms with Gasteiger partial charge in [-0.05, 0) is 10.5 Å².